The van der Waals surface area contributed by atoms with Gasteiger partial charge in [0.05, 0.1) is 6.54 Å². The smallest absolute Gasteiger partial charge is 0.251 e. The Kier molecular flexibility index (Phi) is 4.92. The Morgan fingerprint density at radius 1 is 1.38 bits per heavy atom. The average Bonchev–Trinajstić information content (AvgIpc) is 2.90. The van der Waals surface area contributed by atoms with Crippen LogP contribution in [0.25, 0.3) is 0 Å². The Labute approximate surface area is 124 Å². The molecule has 0 fully saturated rings. The largest absolute Gasteiger partial charge is 0.373 e. The van der Waals surface area contributed by atoms with Gasteiger partial charge in [-0.15, -0.1) is 0 Å². The Morgan fingerprint density at radius 2 is 2.19 bits per heavy atom. The minimum Gasteiger partial charge on any atom is -0.373 e. The Hall–Kier alpha value is -2.37. The number of hydrogen-bond acceptors (Lipinski definition) is 4. The number of aromatic nitrogens is 3. The van der Waals surface area contributed by atoms with Crippen LogP contribution in [0.1, 0.15) is 35.2 Å². The summed E-state index contributed by atoms with van der Waals surface area (Å²) in [5.41, 5.74) is 1.54. The first kappa shape index (κ1) is 15.0. The highest BCUT2D eigenvalue weighted by Crippen LogP contribution is 2.12. The van der Waals surface area contributed by atoms with Crippen LogP contribution in [-0.2, 0) is 20.0 Å². The van der Waals surface area contributed by atoms with Crippen molar-refractivity contribution in [3.05, 3.63) is 41.6 Å². The first-order valence-corrected chi connectivity index (χ1v) is 7.07. The molecule has 0 aromatic carbocycles. The number of nitrogens with one attached hydrogen (secondary N) is 2. The molecular formula is C15H21N5O. The molecule has 6 heteroatoms. The minimum absolute atomic E-state index is 0.116. The van der Waals surface area contributed by atoms with E-state index in [1.54, 1.807) is 19.3 Å². The second-order valence-corrected chi connectivity index (χ2v) is 4.87. The van der Waals surface area contributed by atoms with Gasteiger partial charge in [0.2, 0.25) is 0 Å². The summed E-state index contributed by atoms with van der Waals surface area (Å²) in [6.07, 6.45) is 5.42. The monoisotopic (exact) mass is 287 g/mol. The maximum Gasteiger partial charge on any atom is 0.251 e. The second kappa shape index (κ2) is 6.88. The lowest BCUT2D eigenvalue weighted by Crippen LogP contribution is -2.24. The maximum absolute atomic E-state index is 12.3. The van der Waals surface area contributed by atoms with E-state index in [2.05, 4.69) is 27.5 Å². The zero-order valence-electron chi connectivity index (χ0n) is 12.7. The summed E-state index contributed by atoms with van der Waals surface area (Å²) in [7, 11) is 3.70. The molecule has 6 nitrogen and oxygen atoms in total. The standard InChI is InChI=1S/C15H21N5O/c1-4-5-12-8-11(9-13(16-2)19-12)15(21)18-10-14-17-6-7-20(14)3/h6-9H,4-5,10H2,1-3H3,(H,16,19)(H,18,21). The minimum atomic E-state index is -0.116. The lowest BCUT2D eigenvalue weighted by molar-refractivity contribution is 0.0949. The zero-order chi connectivity index (χ0) is 15.2. The van der Waals surface area contributed by atoms with Crippen LogP contribution < -0.4 is 10.6 Å². The van der Waals surface area contributed by atoms with Gasteiger partial charge >= 0.3 is 0 Å². The van der Waals surface area contributed by atoms with E-state index in [1.165, 1.54) is 0 Å². The fourth-order valence-corrected chi connectivity index (χ4v) is 2.06. The van der Waals surface area contributed by atoms with Crippen molar-refractivity contribution < 1.29 is 4.79 Å². The number of pyridine rings is 1. The zero-order valence-corrected chi connectivity index (χ0v) is 12.7. The molecule has 21 heavy (non-hydrogen) atoms. The molecule has 0 aliphatic rings. The van der Waals surface area contributed by atoms with Crippen LogP contribution in [0.3, 0.4) is 0 Å². The molecule has 0 unspecified atom stereocenters. The summed E-state index contributed by atoms with van der Waals surface area (Å²) in [5, 5.41) is 5.88. The van der Waals surface area contributed by atoms with Crippen molar-refractivity contribution in [1.82, 2.24) is 19.9 Å². The second-order valence-electron chi connectivity index (χ2n) is 4.87. The number of amides is 1. The SMILES string of the molecule is CCCc1cc(C(=O)NCc2nccn2C)cc(NC)n1. The summed E-state index contributed by atoms with van der Waals surface area (Å²) < 4.78 is 1.88. The van der Waals surface area contributed by atoms with Gasteiger partial charge in [0.15, 0.2) is 0 Å². The molecule has 112 valence electrons. The van der Waals surface area contributed by atoms with Crippen LogP contribution in [0.2, 0.25) is 0 Å². The number of aryl methyl sites for hydroxylation is 2. The van der Waals surface area contributed by atoms with Gasteiger partial charge in [-0.05, 0) is 18.6 Å². The van der Waals surface area contributed by atoms with Crippen molar-refractivity contribution in [2.24, 2.45) is 7.05 Å². The molecule has 2 heterocycles. The topological polar surface area (TPSA) is 71.8 Å². The Bertz CT molecular complexity index is 620. The average molecular weight is 287 g/mol. The van der Waals surface area contributed by atoms with Gasteiger partial charge in [-0.2, -0.15) is 0 Å². The van der Waals surface area contributed by atoms with E-state index in [4.69, 9.17) is 0 Å². The van der Waals surface area contributed by atoms with E-state index >= 15 is 0 Å². The number of carbonyl (C=O) groups is 1. The number of rotatable bonds is 6. The highest BCUT2D eigenvalue weighted by Gasteiger charge is 2.10. The molecule has 0 aliphatic carbocycles. The molecule has 0 saturated carbocycles. The highest BCUT2D eigenvalue weighted by atomic mass is 16.1. The third-order valence-electron chi connectivity index (χ3n) is 3.23. The quantitative estimate of drug-likeness (QED) is 0.849. The molecule has 0 saturated heterocycles. The van der Waals surface area contributed by atoms with Gasteiger partial charge in [-0.3, -0.25) is 4.79 Å². The van der Waals surface area contributed by atoms with Crippen molar-refractivity contribution in [1.29, 1.82) is 0 Å². The summed E-state index contributed by atoms with van der Waals surface area (Å²) in [6, 6.07) is 3.60. The first-order valence-electron chi connectivity index (χ1n) is 7.07. The fourth-order valence-electron chi connectivity index (χ4n) is 2.06. The van der Waals surface area contributed by atoms with E-state index in [9.17, 15) is 4.79 Å². The van der Waals surface area contributed by atoms with E-state index in [1.807, 2.05) is 23.9 Å². The lowest BCUT2D eigenvalue weighted by atomic mass is 10.1. The summed E-state index contributed by atoms with van der Waals surface area (Å²) >= 11 is 0. The Balaban J connectivity index is 2.10. The van der Waals surface area contributed by atoms with Crippen LogP contribution >= 0.6 is 0 Å². The number of nitrogens with zero attached hydrogens (tertiary/aromatic N) is 3. The summed E-state index contributed by atoms with van der Waals surface area (Å²) in [5.74, 6) is 1.41. The van der Waals surface area contributed by atoms with E-state index in [0.29, 0.717) is 17.9 Å². The molecule has 0 spiro atoms. The van der Waals surface area contributed by atoms with Gasteiger partial charge < -0.3 is 15.2 Å². The molecular weight excluding hydrogens is 266 g/mol. The van der Waals surface area contributed by atoms with Gasteiger partial charge in [0.25, 0.3) is 5.91 Å². The predicted octanol–water partition coefficient (Wildman–Crippen LogP) is 1.74. The van der Waals surface area contributed by atoms with Gasteiger partial charge in [0.1, 0.15) is 11.6 Å². The van der Waals surface area contributed by atoms with Crippen molar-refractivity contribution in [3.8, 4) is 0 Å². The van der Waals surface area contributed by atoms with Crippen LogP contribution in [0.4, 0.5) is 5.82 Å². The third kappa shape index (κ3) is 3.81. The van der Waals surface area contributed by atoms with Crippen LogP contribution in [0, 0.1) is 0 Å². The number of anilines is 1. The van der Waals surface area contributed by atoms with E-state index in [0.717, 1.165) is 24.4 Å². The maximum atomic E-state index is 12.3. The van der Waals surface area contributed by atoms with Crippen molar-refractivity contribution in [2.45, 2.75) is 26.3 Å². The molecule has 2 N–H and O–H groups in total. The van der Waals surface area contributed by atoms with Crippen molar-refractivity contribution in [2.75, 3.05) is 12.4 Å². The van der Waals surface area contributed by atoms with Crippen LogP contribution in [0.5, 0.6) is 0 Å². The van der Waals surface area contributed by atoms with Gasteiger partial charge in [-0.1, -0.05) is 13.3 Å². The van der Waals surface area contributed by atoms with Crippen LogP contribution in [0.15, 0.2) is 24.5 Å². The predicted molar refractivity (Wildman–Crippen MR) is 82.2 cm³/mol. The summed E-state index contributed by atoms with van der Waals surface area (Å²) in [6.45, 7) is 2.50. The molecule has 2 rings (SSSR count). The summed E-state index contributed by atoms with van der Waals surface area (Å²) in [4.78, 5) is 20.9. The van der Waals surface area contributed by atoms with Gasteiger partial charge in [-0.25, -0.2) is 9.97 Å². The van der Waals surface area contributed by atoms with Gasteiger partial charge in [0, 0.05) is 37.7 Å². The van der Waals surface area contributed by atoms with E-state index < -0.39 is 0 Å². The molecule has 2 aromatic rings. The number of imidazole rings is 1. The molecule has 0 atom stereocenters. The normalized spacial score (nSPS) is 10.4. The van der Waals surface area contributed by atoms with Crippen molar-refractivity contribution >= 4 is 11.7 Å². The van der Waals surface area contributed by atoms with E-state index in [-0.39, 0.29) is 5.91 Å². The highest BCUT2D eigenvalue weighted by molar-refractivity contribution is 5.94. The fraction of sp³-hybridized carbons (Fsp3) is 0.400. The first-order chi connectivity index (χ1) is 10.1. The molecule has 0 aliphatic heterocycles. The Morgan fingerprint density at radius 3 is 2.81 bits per heavy atom. The van der Waals surface area contributed by atoms with Crippen LogP contribution in [-0.4, -0.2) is 27.5 Å². The molecule has 0 radical (unpaired) electrons. The number of carbonyl (C=O) groups excluding carboxylic acids is 1. The lowest BCUT2D eigenvalue weighted by Gasteiger charge is -2.09. The molecule has 1 amide bonds. The third-order valence-corrected chi connectivity index (χ3v) is 3.23. The molecule has 0 bridgehead atoms. The van der Waals surface area contributed by atoms with Crippen molar-refractivity contribution in [3.63, 3.8) is 0 Å². The molecule has 2 aromatic heterocycles. The number of hydrogen-bond donors (Lipinski definition) is 2.